The van der Waals surface area contributed by atoms with Crippen molar-refractivity contribution in [1.82, 2.24) is 34.9 Å². The number of ether oxygens (including phenoxy) is 1. The fraction of sp³-hybridized carbons (Fsp3) is 0.310. The molecular formula is C29H31FN8O2. The lowest BCUT2D eigenvalue weighted by Crippen LogP contribution is -2.49. The summed E-state index contributed by atoms with van der Waals surface area (Å²) in [5.74, 6) is -0.101. The van der Waals surface area contributed by atoms with Crippen molar-refractivity contribution in [2.45, 2.75) is 32.9 Å². The van der Waals surface area contributed by atoms with E-state index in [9.17, 15) is 9.18 Å². The van der Waals surface area contributed by atoms with E-state index in [0.29, 0.717) is 55.4 Å². The molecule has 1 amide bonds. The van der Waals surface area contributed by atoms with Crippen LogP contribution in [0.25, 0.3) is 44.3 Å². The number of carbonyl (C=O) groups is 1. The molecule has 10 nitrogen and oxygen atoms in total. The Morgan fingerprint density at radius 2 is 1.85 bits per heavy atom. The van der Waals surface area contributed by atoms with Crippen LogP contribution in [0.4, 0.5) is 15.0 Å². The topological polar surface area (TPSA) is 129 Å². The normalized spacial score (nSPS) is 14.8. The van der Waals surface area contributed by atoms with Gasteiger partial charge in [0.25, 0.3) is 0 Å². The lowest BCUT2D eigenvalue weighted by atomic mass is 10.0. The van der Waals surface area contributed by atoms with Crippen molar-refractivity contribution in [3.05, 3.63) is 60.3 Å². The van der Waals surface area contributed by atoms with E-state index in [1.54, 1.807) is 11.1 Å². The Kier molecular flexibility index (Phi) is 6.38. The van der Waals surface area contributed by atoms with Crippen LogP contribution in [-0.4, -0.2) is 72.8 Å². The van der Waals surface area contributed by atoms with Gasteiger partial charge in [-0.1, -0.05) is 6.07 Å². The van der Waals surface area contributed by atoms with Crippen LogP contribution in [0.2, 0.25) is 0 Å². The number of rotatable bonds is 4. The molecular weight excluding hydrogens is 511 g/mol. The van der Waals surface area contributed by atoms with Crippen molar-refractivity contribution < 1.29 is 13.9 Å². The summed E-state index contributed by atoms with van der Waals surface area (Å²) in [6.45, 7) is 8.43. The summed E-state index contributed by atoms with van der Waals surface area (Å²) in [4.78, 5) is 28.2. The number of H-pyrrole nitrogens is 2. The number of nitrogen functional groups attached to an aromatic ring is 1. The Bertz CT molecular complexity index is 1710. The van der Waals surface area contributed by atoms with Gasteiger partial charge in [-0.3, -0.25) is 10.00 Å². The molecule has 4 aromatic heterocycles. The van der Waals surface area contributed by atoms with E-state index >= 15 is 0 Å². The number of carbonyl (C=O) groups excluding carboxylic acids is 1. The Labute approximate surface area is 230 Å². The summed E-state index contributed by atoms with van der Waals surface area (Å²) >= 11 is 0. The van der Waals surface area contributed by atoms with Crippen LogP contribution in [0.15, 0.2) is 48.7 Å². The Hall–Kier alpha value is -4.51. The maximum atomic E-state index is 14.7. The minimum atomic E-state index is -0.549. The number of nitrogens with zero attached hydrogens (tertiary/aromatic N) is 5. The van der Waals surface area contributed by atoms with Gasteiger partial charge in [-0.05, 0) is 62.2 Å². The van der Waals surface area contributed by atoms with Gasteiger partial charge in [0.15, 0.2) is 5.82 Å². The molecule has 1 aliphatic rings. The molecule has 11 heteroatoms. The minimum Gasteiger partial charge on any atom is -0.444 e. The van der Waals surface area contributed by atoms with Gasteiger partial charge < -0.3 is 20.4 Å². The zero-order valence-electron chi connectivity index (χ0n) is 22.7. The molecule has 206 valence electrons. The number of nitrogens with one attached hydrogen (secondary N) is 2. The molecule has 0 radical (unpaired) electrons. The summed E-state index contributed by atoms with van der Waals surface area (Å²) in [5, 5.41) is 8.77. The van der Waals surface area contributed by atoms with Gasteiger partial charge in [-0.15, -0.1) is 0 Å². The molecule has 6 rings (SSSR count). The Balaban J connectivity index is 1.23. The number of nitrogens with two attached hydrogens (primary N) is 1. The molecule has 5 aromatic rings. The maximum absolute atomic E-state index is 14.7. The van der Waals surface area contributed by atoms with Crippen LogP contribution in [0.5, 0.6) is 0 Å². The van der Waals surface area contributed by atoms with Gasteiger partial charge in [0.05, 0.1) is 11.2 Å². The second-order valence-electron chi connectivity index (χ2n) is 11.1. The van der Waals surface area contributed by atoms with Gasteiger partial charge in [-0.25, -0.2) is 14.8 Å². The number of amides is 1. The Morgan fingerprint density at radius 3 is 2.62 bits per heavy atom. The third-order valence-electron chi connectivity index (χ3n) is 7.00. The van der Waals surface area contributed by atoms with Crippen LogP contribution in [0.3, 0.4) is 0 Å². The highest BCUT2D eigenvalue weighted by Gasteiger charge is 2.26. The summed E-state index contributed by atoms with van der Waals surface area (Å²) in [6.07, 6.45) is 1.44. The molecule has 4 N–H and O–H groups in total. The first kappa shape index (κ1) is 25.8. The van der Waals surface area contributed by atoms with Crippen molar-refractivity contribution in [2.75, 3.05) is 31.9 Å². The van der Waals surface area contributed by atoms with Crippen molar-refractivity contribution in [3.63, 3.8) is 0 Å². The number of fused-ring (bicyclic) bond motifs is 2. The Morgan fingerprint density at radius 1 is 1.05 bits per heavy atom. The second-order valence-corrected chi connectivity index (χ2v) is 11.1. The fourth-order valence-corrected chi connectivity index (χ4v) is 5.07. The molecule has 40 heavy (non-hydrogen) atoms. The number of pyridine rings is 2. The molecule has 0 spiro atoms. The molecule has 1 aromatic carbocycles. The summed E-state index contributed by atoms with van der Waals surface area (Å²) in [6, 6.07) is 13.2. The number of hydrogen-bond donors (Lipinski definition) is 3. The number of piperazine rings is 1. The zero-order valence-corrected chi connectivity index (χ0v) is 22.7. The standard InChI is InChI=1S/C29H31FN8O2/c1-29(2,3)40-28(39)38-10-8-37(9-11-38)16-19-12-18(14-25(30)33-19)24-15-21-20(6-7-32-27(21)34-24)17-4-5-23-22(13-17)26(31)36-35-23/h4-7,12-15H,8-11,16H2,1-3H3,(H,32,34)(H3,31,35,36). The molecule has 0 aliphatic carbocycles. The number of aromatic amines is 2. The summed E-state index contributed by atoms with van der Waals surface area (Å²) in [7, 11) is 0. The predicted octanol–water partition coefficient (Wildman–Crippen LogP) is 4.94. The van der Waals surface area contributed by atoms with Crippen LogP contribution in [0, 0.1) is 5.95 Å². The van der Waals surface area contributed by atoms with Crippen molar-refractivity contribution in [1.29, 1.82) is 0 Å². The molecule has 1 aliphatic heterocycles. The third-order valence-corrected chi connectivity index (χ3v) is 7.00. The number of aromatic nitrogens is 5. The molecule has 0 unspecified atom stereocenters. The van der Waals surface area contributed by atoms with Gasteiger partial charge in [0.2, 0.25) is 5.95 Å². The monoisotopic (exact) mass is 542 g/mol. The fourth-order valence-electron chi connectivity index (χ4n) is 5.07. The average Bonchev–Trinajstić information content (AvgIpc) is 3.51. The molecule has 5 heterocycles. The second kappa shape index (κ2) is 9.91. The first-order valence-corrected chi connectivity index (χ1v) is 13.2. The van der Waals surface area contributed by atoms with E-state index in [0.717, 1.165) is 33.1 Å². The van der Waals surface area contributed by atoms with Crippen LogP contribution in [-0.2, 0) is 11.3 Å². The van der Waals surface area contributed by atoms with Gasteiger partial charge in [0.1, 0.15) is 11.2 Å². The number of benzene rings is 1. The largest absolute Gasteiger partial charge is 0.444 e. The van der Waals surface area contributed by atoms with Crippen molar-refractivity contribution in [3.8, 4) is 22.4 Å². The van der Waals surface area contributed by atoms with Gasteiger partial charge >= 0.3 is 6.09 Å². The van der Waals surface area contributed by atoms with E-state index in [-0.39, 0.29) is 6.09 Å². The van der Waals surface area contributed by atoms with Gasteiger partial charge in [-0.2, -0.15) is 9.49 Å². The van der Waals surface area contributed by atoms with E-state index in [1.165, 1.54) is 6.07 Å². The molecule has 0 atom stereocenters. The maximum Gasteiger partial charge on any atom is 0.410 e. The third kappa shape index (κ3) is 5.20. The van der Waals surface area contributed by atoms with Crippen LogP contribution in [0.1, 0.15) is 26.5 Å². The summed E-state index contributed by atoms with van der Waals surface area (Å²) in [5.41, 5.74) is 11.1. The SMILES string of the molecule is CC(C)(C)OC(=O)N1CCN(Cc2cc(-c3cc4c(-c5ccc6[nH]nc(N)c6c5)ccnc4[nH]3)cc(F)n2)CC1. The predicted molar refractivity (Wildman–Crippen MR) is 152 cm³/mol. The summed E-state index contributed by atoms with van der Waals surface area (Å²) < 4.78 is 20.2. The van der Waals surface area contributed by atoms with Crippen molar-refractivity contribution >= 4 is 33.8 Å². The van der Waals surface area contributed by atoms with Crippen molar-refractivity contribution in [2.24, 2.45) is 0 Å². The first-order chi connectivity index (χ1) is 19.1. The van der Waals surface area contributed by atoms with Gasteiger partial charge in [0, 0.05) is 67.0 Å². The molecule has 0 saturated carbocycles. The average molecular weight is 543 g/mol. The van der Waals surface area contributed by atoms with E-state index in [4.69, 9.17) is 10.5 Å². The lowest BCUT2D eigenvalue weighted by molar-refractivity contribution is 0.0138. The highest BCUT2D eigenvalue weighted by Crippen LogP contribution is 2.33. The molecule has 1 fully saturated rings. The smallest absolute Gasteiger partial charge is 0.410 e. The number of anilines is 1. The van der Waals surface area contributed by atoms with Crippen LogP contribution >= 0.6 is 0 Å². The van der Waals surface area contributed by atoms with E-state index in [2.05, 4.69) is 30.0 Å². The highest BCUT2D eigenvalue weighted by atomic mass is 19.1. The first-order valence-electron chi connectivity index (χ1n) is 13.2. The minimum absolute atomic E-state index is 0.307. The quantitative estimate of drug-likeness (QED) is 0.274. The number of halogens is 1. The van der Waals surface area contributed by atoms with Crippen LogP contribution < -0.4 is 5.73 Å². The zero-order chi connectivity index (χ0) is 28.0. The van der Waals surface area contributed by atoms with E-state index < -0.39 is 11.5 Å². The molecule has 1 saturated heterocycles. The molecule has 0 bridgehead atoms. The number of hydrogen-bond acceptors (Lipinski definition) is 7. The lowest BCUT2D eigenvalue weighted by Gasteiger charge is -2.35. The van der Waals surface area contributed by atoms with E-state index in [1.807, 2.05) is 57.2 Å². The highest BCUT2D eigenvalue weighted by molar-refractivity contribution is 5.99.